The van der Waals surface area contributed by atoms with Gasteiger partial charge in [0.2, 0.25) is 0 Å². The summed E-state index contributed by atoms with van der Waals surface area (Å²) in [4.78, 5) is 13.8. The van der Waals surface area contributed by atoms with Gasteiger partial charge < -0.3 is 10.2 Å². The summed E-state index contributed by atoms with van der Waals surface area (Å²) in [6, 6.07) is 14.2. The molecule has 0 amide bonds. The molecule has 0 aromatic heterocycles. The number of hydrogen-bond acceptors (Lipinski definition) is 3. The van der Waals surface area contributed by atoms with Crippen molar-refractivity contribution in [3.05, 3.63) is 71.5 Å². The van der Waals surface area contributed by atoms with Crippen LogP contribution < -0.4 is 0 Å². The molecule has 1 aliphatic rings. The fourth-order valence-corrected chi connectivity index (χ4v) is 3.64. The lowest BCUT2D eigenvalue weighted by Gasteiger charge is -2.32. The van der Waals surface area contributed by atoms with Gasteiger partial charge in [-0.3, -0.25) is 9.69 Å². The zero-order valence-electron chi connectivity index (χ0n) is 13.9. The second-order valence-corrected chi connectivity index (χ2v) is 6.49. The molecule has 25 heavy (non-hydrogen) atoms. The van der Waals surface area contributed by atoms with Gasteiger partial charge in [-0.1, -0.05) is 42.5 Å². The summed E-state index contributed by atoms with van der Waals surface area (Å²) in [5, 5.41) is 20.2. The van der Waals surface area contributed by atoms with E-state index in [4.69, 9.17) is 0 Å². The Bertz CT molecular complexity index is 705. The van der Waals surface area contributed by atoms with Gasteiger partial charge in [-0.15, -0.1) is 0 Å². The lowest BCUT2D eigenvalue weighted by Crippen LogP contribution is -2.38. The topological polar surface area (TPSA) is 60.8 Å². The molecule has 2 aromatic carbocycles. The molecular weight excluding hydrogens is 321 g/mol. The van der Waals surface area contributed by atoms with Crippen LogP contribution in [0, 0.1) is 5.82 Å². The molecule has 3 rings (SSSR count). The number of halogens is 1. The summed E-state index contributed by atoms with van der Waals surface area (Å²) >= 11 is 0. The minimum Gasteiger partial charge on any atom is -0.480 e. The first-order chi connectivity index (χ1) is 12.1. The lowest BCUT2D eigenvalue weighted by atomic mass is 9.98. The van der Waals surface area contributed by atoms with Crippen LogP contribution in [0.1, 0.15) is 42.5 Å². The van der Waals surface area contributed by atoms with Crippen molar-refractivity contribution >= 4 is 5.97 Å². The van der Waals surface area contributed by atoms with Crippen molar-refractivity contribution < 1.29 is 19.4 Å². The SMILES string of the molecule is O=C(O)C(c1ccc(F)cc1)N1CCCC1CC(O)c1ccccc1. The number of hydrogen-bond donors (Lipinski definition) is 2. The average Bonchev–Trinajstić information content (AvgIpc) is 3.05. The number of carbonyl (C=O) groups is 1. The monoisotopic (exact) mass is 343 g/mol. The Morgan fingerprint density at radius 2 is 1.80 bits per heavy atom. The summed E-state index contributed by atoms with van der Waals surface area (Å²) in [7, 11) is 0. The number of likely N-dealkylation sites (tertiary alicyclic amines) is 1. The van der Waals surface area contributed by atoms with Crippen LogP contribution >= 0.6 is 0 Å². The predicted octanol–water partition coefficient (Wildman–Crippen LogP) is 3.54. The van der Waals surface area contributed by atoms with Crippen LogP contribution in [0.3, 0.4) is 0 Å². The number of aliphatic hydroxyl groups is 1. The number of carboxylic acids is 1. The molecule has 4 nitrogen and oxygen atoms in total. The minimum atomic E-state index is -0.951. The maximum Gasteiger partial charge on any atom is 0.325 e. The van der Waals surface area contributed by atoms with Crippen molar-refractivity contribution in [3.63, 3.8) is 0 Å². The molecule has 1 heterocycles. The fraction of sp³-hybridized carbons (Fsp3) is 0.350. The summed E-state index contributed by atoms with van der Waals surface area (Å²) in [5.74, 6) is -1.34. The highest BCUT2D eigenvalue weighted by atomic mass is 19.1. The van der Waals surface area contributed by atoms with E-state index in [-0.39, 0.29) is 11.9 Å². The third-order valence-electron chi connectivity index (χ3n) is 4.85. The number of aliphatic hydroxyl groups excluding tert-OH is 1. The van der Waals surface area contributed by atoms with Crippen LogP contribution in [0.2, 0.25) is 0 Å². The summed E-state index contributed by atoms with van der Waals surface area (Å²) in [5.41, 5.74) is 1.40. The first-order valence-electron chi connectivity index (χ1n) is 8.53. The molecule has 0 bridgehead atoms. The largest absolute Gasteiger partial charge is 0.480 e. The maximum absolute atomic E-state index is 13.2. The van der Waals surface area contributed by atoms with Crippen LogP contribution in [0.15, 0.2) is 54.6 Å². The Hall–Kier alpha value is -2.24. The van der Waals surface area contributed by atoms with Crippen LogP contribution in [0.25, 0.3) is 0 Å². The van der Waals surface area contributed by atoms with Gasteiger partial charge in [0.25, 0.3) is 0 Å². The number of nitrogens with zero attached hydrogens (tertiary/aromatic N) is 1. The molecule has 3 atom stereocenters. The summed E-state index contributed by atoms with van der Waals surface area (Å²) < 4.78 is 13.2. The van der Waals surface area contributed by atoms with E-state index in [0.29, 0.717) is 18.5 Å². The van der Waals surface area contributed by atoms with Crippen molar-refractivity contribution in [2.45, 2.75) is 37.5 Å². The molecule has 0 radical (unpaired) electrons. The van der Waals surface area contributed by atoms with Gasteiger partial charge >= 0.3 is 5.97 Å². The fourth-order valence-electron chi connectivity index (χ4n) is 3.64. The van der Waals surface area contributed by atoms with Crippen molar-refractivity contribution in [2.75, 3.05) is 6.54 Å². The maximum atomic E-state index is 13.2. The molecule has 1 fully saturated rings. The van der Waals surface area contributed by atoms with Crippen LogP contribution in [-0.2, 0) is 4.79 Å². The first-order valence-corrected chi connectivity index (χ1v) is 8.53. The number of rotatable bonds is 6. The zero-order valence-corrected chi connectivity index (χ0v) is 13.9. The molecule has 0 aliphatic carbocycles. The van der Waals surface area contributed by atoms with E-state index in [9.17, 15) is 19.4 Å². The van der Waals surface area contributed by atoms with Crippen LogP contribution in [-0.4, -0.2) is 33.7 Å². The normalized spacial score (nSPS) is 20.3. The van der Waals surface area contributed by atoms with Crippen molar-refractivity contribution in [1.82, 2.24) is 4.90 Å². The highest BCUT2D eigenvalue weighted by molar-refractivity contribution is 5.75. The second kappa shape index (κ2) is 7.76. The van der Waals surface area contributed by atoms with Gasteiger partial charge in [-0.25, -0.2) is 4.39 Å². The number of benzene rings is 2. The molecule has 2 N–H and O–H groups in total. The van der Waals surface area contributed by atoms with Crippen LogP contribution in [0.5, 0.6) is 0 Å². The Balaban J connectivity index is 1.78. The first kappa shape index (κ1) is 17.6. The van der Waals surface area contributed by atoms with Gasteiger partial charge in [0.1, 0.15) is 11.9 Å². The molecule has 1 saturated heterocycles. The Kier molecular flexibility index (Phi) is 5.46. The molecule has 3 unspecified atom stereocenters. The quantitative estimate of drug-likeness (QED) is 0.842. The summed E-state index contributed by atoms with van der Waals surface area (Å²) in [6.07, 6.45) is 1.58. The number of carboxylic acid groups (broad SMARTS) is 1. The molecule has 2 aromatic rings. The molecule has 132 valence electrons. The van der Waals surface area contributed by atoms with E-state index in [2.05, 4.69) is 0 Å². The molecule has 0 saturated carbocycles. The zero-order chi connectivity index (χ0) is 17.8. The van der Waals surface area contributed by atoms with Gasteiger partial charge in [-0.05, 0) is 49.1 Å². The van der Waals surface area contributed by atoms with Crippen LogP contribution in [0.4, 0.5) is 4.39 Å². The van der Waals surface area contributed by atoms with E-state index in [0.717, 1.165) is 18.4 Å². The van der Waals surface area contributed by atoms with Gasteiger partial charge in [-0.2, -0.15) is 0 Å². The van der Waals surface area contributed by atoms with Crippen molar-refractivity contribution in [2.24, 2.45) is 0 Å². The van der Waals surface area contributed by atoms with Crippen molar-refractivity contribution in [1.29, 1.82) is 0 Å². The van der Waals surface area contributed by atoms with Gasteiger partial charge in [0.05, 0.1) is 6.10 Å². The minimum absolute atomic E-state index is 0.0265. The second-order valence-electron chi connectivity index (χ2n) is 6.49. The smallest absolute Gasteiger partial charge is 0.325 e. The van der Waals surface area contributed by atoms with E-state index < -0.39 is 18.1 Å². The van der Waals surface area contributed by atoms with E-state index in [1.807, 2.05) is 35.2 Å². The van der Waals surface area contributed by atoms with E-state index in [1.165, 1.54) is 24.3 Å². The standard InChI is InChI=1S/C20H22FNO3/c21-16-10-8-15(9-11-16)19(20(24)25)22-12-4-7-17(22)13-18(23)14-5-2-1-3-6-14/h1-3,5-6,8-11,17-19,23H,4,7,12-13H2,(H,24,25). The predicted molar refractivity (Wildman–Crippen MR) is 92.5 cm³/mol. The Morgan fingerprint density at radius 3 is 2.44 bits per heavy atom. The molecule has 0 spiro atoms. The lowest BCUT2D eigenvalue weighted by molar-refractivity contribution is -0.144. The van der Waals surface area contributed by atoms with Crippen molar-refractivity contribution in [3.8, 4) is 0 Å². The molecule has 1 aliphatic heterocycles. The average molecular weight is 343 g/mol. The summed E-state index contributed by atoms with van der Waals surface area (Å²) in [6.45, 7) is 0.653. The van der Waals surface area contributed by atoms with E-state index >= 15 is 0 Å². The highest BCUT2D eigenvalue weighted by Gasteiger charge is 2.36. The van der Waals surface area contributed by atoms with Gasteiger partial charge in [0.15, 0.2) is 0 Å². The highest BCUT2D eigenvalue weighted by Crippen LogP contribution is 2.34. The third kappa shape index (κ3) is 4.06. The Morgan fingerprint density at radius 1 is 1.12 bits per heavy atom. The molecular formula is C20H22FNO3. The molecule has 5 heteroatoms. The Labute approximate surface area is 146 Å². The third-order valence-corrected chi connectivity index (χ3v) is 4.85. The number of aliphatic carboxylic acids is 1. The van der Waals surface area contributed by atoms with Gasteiger partial charge in [0, 0.05) is 6.04 Å². The van der Waals surface area contributed by atoms with E-state index in [1.54, 1.807) is 0 Å².